The molecule has 2 aliphatic carbocycles. The second kappa shape index (κ2) is 7.30. The van der Waals surface area contributed by atoms with Gasteiger partial charge in [0, 0.05) is 11.6 Å². The molecule has 4 rings (SSSR count). The molecule has 0 bridgehead atoms. The Bertz CT molecular complexity index is 716. The number of ether oxygens (including phenoxy) is 1. The molecule has 0 aliphatic heterocycles. The number of nitrogens with one attached hydrogen (secondary N) is 1. The Morgan fingerprint density at radius 3 is 2.64 bits per heavy atom. The zero-order valence-corrected chi connectivity index (χ0v) is 14.5. The van der Waals surface area contributed by atoms with Crippen molar-refractivity contribution in [3.63, 3.8) is 0 Å². The zero-order valence-electron chi connectivity index (χ0n) is 14.5. The fraction of sp³-hybridized carbons (Fsp3) is 0.500. The summed E-state index contributed by atoms with van der Waals surface area (Å²) in [5, 5.41) is 7.72. The van der Waals surface area contributed by atoms with Gasteiger partial charge in [-0.3, -0.25) is 9.48 Å². The first kappa shape index (κ1) is 16.2. The minimum atomic E-state index is -0.118. The Morgan fingerprint density at radius 2 is 1.92 bits per heavy atom. The number of amides is 1. The Labute approximate surface area is 148 Å². The summed E-state index contributed by atoms with van der Waals surface area (Å²) in [4.78, 5) is 12.0. The summed E-state index contributed by atoms with van der Waals surface area (Å²) in [7, 11) is 0. The zero-order chi connectivity index (χ0) is 17.1. The first-order valence-corrected chi connectivity index (χ1v) is 9.32. The molecule has 0 unspecified atom stereocenters. The quantitative estimate of drug-likeness (QED) is 0.839. The number of carbonyl (C=O) groups is 1. The van der Waals surface area contributed by atoms with Gasteiger partial charge in [0.1, 0.15) is 5.75 Å². The highest BCUT2D eigenvalue weighted by molar-refractivity contribution is 5.77. The average molecular weight is 339 g/mol. The van der Waals surface area contributed by atoms with E-state index in [-0.39, 0.29) is 12.5 Å². The van der Waals surface area contributed by atoms with Crippen molar-refractivity contribution in [1.82, 2.24) is 15.1 Å². The second-order valence-corrected chi connectivity index (χ2v) is 7.10. The number of rotatable bonds is 7. The van der Waals surface area contributed by atoms with Crippen LogP contribution in [-0.2, 0) is 11.3 Å². The molecule has 1 aromatic heterocycles. The number of aromatic nitrogens is 2. The normalized spacial score (nSPS) is 17.6. The van der Waals surface area contributed by atoms with E-state index in [0.29, 0.717) is 24.3 Å². The molecule has 5 nitrogen and oxygen atoms in total. The minimum absolute atomic E-state index is 0.0306. The van der Waals surface area contributed by atoms with Crippen LogP contribution in [0, 0.1) is 0 Å². The van der Waals surface area contributed by atoms with E-state index in [2.05, 4.69) is 16.1 Å². The van der Waals surface area contributed by atoms with Crippen molar-refractivity contribution in [3.8, 4) is 5.75 Å². The molecule has 0 radical (unpaired) electrons. The van der Waals surface area contributed by atoms with E-state index in [4.69, 9.17) is 9.84 Å². The summed E-state index contributed by atoms with van der Waals surface area (Å²) >= 11 is 0. The topological polar surface area (TPSA) is 56.1 Å². The monoisotopic (exact) mass is 339 g/mol. The minimum Gasteiger partial charge on any atom is -0.484 e. The molecule has 0 atom stereocenters. The molecular weight excluding hydrogens is 314 g/mol. The summed E-state index contributed by atoms with van der Waals surface area (Å²) in [6.07, 6.45) is 7.62. The van der Waals surface area contributed by atoms with Gasteiger partial charge in [-0.2, -0.15) is 5.10 Å². The van der Waals surface area contributed by atoms with E-state index in [9.17, 15) is 4.79 Å². The lowest BCUT2D eigenvalue weighted by Crippen LogP contribution is -2.28. The summed E-state index contributed by atoms with van der Waals surface area (Å²) in [5.41, 5.74) is 2.33. The van der Waals surface area contributed by atoms with Crippen LogP contribution in [0.4, 0.5) is 0 Å². The highest BCUT2D eigenvalue weighted by Gasteiger charge is 2.31. The standard InChI is InChI=1S/C20H25N3O2/c24-20(14-25-18-8-2-1-3-9-18)21-13-16-12-19(15-10-11-15)23(22-16)17-6-4-5-7-17/h1-3,8-9,12,15,17H,4-7,10-11,13-14H2,(H,21,24). The summed E-state index contributed by atoms with van der Waals surface area (Å²) in [6.45, 7) is 0.499. The predicted molar refractivity (Wildman–Crippen MR) is 95.5 cm³/mol. The molecule has 1 heterocycles. The number of nitrogens with zero attached hydrogens (tertiary/aromatic N) is 2. The van der Waals surface area contributed by atoms with Crippen molar-refractivity contribution < 1.29 is 9.53 Å². The van der Waals surface area contributed by atoms with Gasteiger partial charge >= 0.3 is 0 Å². The van der Waals surface area contributed by atoms with Gasteiger partial charge < -0.3 is 10.1 Å². The maximum Gasteiger partial charge on any atom is 0.258 e. The van der Waals surface area contributed by atoms with Gasteiger partial charge in [0.05, 0.1) is 18.3 Å². The summed E-state index contributed by atoms with van der Waals surface area (Å²) in [6, 6.07) is 12.1. The average Bonchev–Trinajstić information content (AvgIpc) is 3.18. The number of benzene rings is 1. The molecule has 1 amide bonds. The molecule has 1 aromatic carbocycles. The van der Waals surface area contributed by atoms with Crippen LogP contribution in [0.3, 0.4) is 0 Å². The van der Waals surface area contributed by atoms with Crippen LogP contribution in [0.1, 0.15) is 61.9 Å². The maximum absolute atomic E-state index is 12.0. The van der Waals surface area contributed by atoms with E-state index in [1.54, 1.807) is 0 Å². The number of carbonyl (C=O) groups excluding carboxylic acids is 1. The molecule has 2 saturated carbocycles. The molecule has 2 fully saturated rings. The lowest BCUT2D eigenvalue weighted by molar-refractivity contribution is -0.123. The highest BCUT2D eigenvalue weighted by Crippen LogP contribution is 2.43. The molecule has 1 N–H and O–H groups in total. The van der Waals surface area contributed by atoms with Crippen molar-refractivity contribution in [2.75, 3.05) is 6.61 Å². The molecular formula is C20H25N3O2. The maximum atomic E-state index is 12.0. The van der Waals surface area contributed by atoms with Gasteiger partial charge in [-0.05, 0) is 43.9 Å². The first-order valence-electron chi connectivity index (χ1n) is 9.32. The number of hydrogen-bond acceptors (Lipinski definition) is 3. The van der Waals surface area contributed by atoms with Gasteiger partial charge in [-0.25, -0.2) is 0 Å². The van der Waals surface area contributed by atoms with E-state index in [0.717, 1.165) is 5.69 Å². The van der Waals surface area contributed by atoms with E-state index in [1.807, 2.05) is 30.3 Å². The van der Waals surface area contributed by atoms with E-state index in [1.165, 1.54) is 44.2 Å². The highest BCUT2D eigenvalue weighted by atomic mass is 16.5. The van der Waals surface area contributed by atoms with Crippen molar-refractivity contribution in [3.05, 3.63) is 47.8 Å². The summed E-state index contributed by atoms with van der Waals surface area (Å²) < 4.78 is 7.73. The Morgan fingerprint density at radius 1 is 1.16 bits per heavy atom. The number of hydrogen-bond donors (Lipinski definition) is 1. The fourth-order valence-electron chi connectivity index (χ4n) is 3.58. The van der Waals surface area contributed by atoms with E-state index < -0.39 is 0 Å². The largest absolute Gasteiger partial charge is 0.484 e. The molecule has 2 aliphatic rings. The Hall–Kier alpha value is -2.30. The van der Waals surface area contributed by atoms with Gasteiger partial charge in [0.2, 0.25) is 0 Å². The molecule has 2 aromatic rings. The third-order valence-corrected chi connectivity index (χ3v) is 5.06. The fourth-order valence-corrected chi connectivity index (χ4v) is 3.58. The van der Waals surface area contributed by atoms with Gasteiger partial charge in [0.25, 0.3) is 5.91 Å². The van der Waals surface area contributed by atoms with Crippen LogP contribution in [-0.4, -0.2) is 22.3 Å². The van der Waals surface area contributed by atoms with Crippen molar-refractivity contribution in [2.45, 2.75) is 57.0 Å². The third-order valence-electron chi connectivity index (χ3n) is 5.06. The van der Waals surface area contributed by atoms with Crippen molar-refractivity contribution in [1.29, 1.82) is 0 Å². The number of para-hydroxylation sites is 1. The lowest BCUT2D eigenvalue weighted by Gasteiger charge is -2.13. The molecule has 0 spiro atoms. The third kappa shape index (κ3) is 4.03. The van der Waals surface area contributed by atoms with Crippen LogP contribution < -0.4 is 10.1 Å². The van der Waals surface area contributed by atoms with Crippen molar-refractivity contribution >= 4 is 5.91 Å². The van der Waals surface area contributed by atoms with Gasteiger partial charge in [0.15, 0.2) is 6.61 Å². The summed E-state index contributed by atoms with van der Waals surface area (Å²) in [5.74, 6) is 1.27. The van der Waals surface area contributed by atoms with Gasteiger partial charge in [-0.1, -0.05) is 31.0 Å². The van der Waals surface area contributed by atoms with Crippen molar-refractivity contribution in [2.24, 2.45) is 0 Å². The van der Waals surface area contributed by atoms with Gasteiger partial charge in [-0.15, -0.1) is 0 Å². The Balaban J connectivity index is 1.33. The molecule has 5 heteroatoms. The van der Waals surface area contributed by atoms with Crippen LogP contribution in [0.2, 0.25) is 0 Å². The Kier molecular flexibility index (Phi) is 4.72. The van der Waals surface area contributed by atoms with Crippen LogP contribution in [0.15, 0.2) is 36.4 Å². The lowest BCUT2D eigenvalue weighted by atomic mass is 10.2. The predicted octanol–water partition coefficient (Wildman–Crippen LogP) is 3.57. The smallest absolute Gasteiger partial charge is 0.258 e. The second-order valence-electron chi connectivity index (χ2n) is 7.10. The first-order chi connectivity index (χ1) is 12.3. The molecule has 132 valence electrons. The van der Waals surface area contributed by atoms with Crippen LogP contribution >= 0.6 is 0 Å². The van der Waals surface area contributed by atoms with Crippen LogP contribution in [0.25, 0.3) is 0 Å². The SMILES string of the molecule is O=C(COc1ccccc1)NCc1cc(C2CC2)n(C2CCCC2)n1. The molecule has 0 saturated heterocycles. The van der Waals surface area contributed by atoms with E-state index >= 15 is 0 Å². The van der Waals surface area contributed by atoms with Crippen LogP contribution in [0.5, 0.6) is 5.75 Å². The molecule has 25 heavy (non-hydrogen) atoms.